The maximum absolute atomic E-state index is 13.9. The number of nitrogens with zero attached hydrogens (tertiary/aromatic N) is 4. The quantitative estimate of drug-likeness (QED) is 0.365. The Balaban J connectivity index is 2.48. The summed E-state index contributed by atoms with van der Waals surface area (Å²) >= 11 is 0. The van der Waals surface area contributed by atoms with E-state index in [9.17, 15) is 29.7 Å². The summed E-state index contributed by atoms with van der Waals surface area (Å²) in [7, 11) is 1.47. The Labute approximate surface area is 211 Å². The molecule has 12 nitrogen and oxygen atoms in total. The number of carbonyl (C=O) groups is 3. The maximum atomic E-state index is 13.9. The van der Waals surface area contributed by atoms with Crippen LogP contribution in [0.1, 0.15) is 57.2 Å². The molecule has 36 heavy (non-hydrogen) atoms. The van der Waals surface area contributed by atoms with Gasteiger partial charge in [0.2, 0.25) is 0 Å². The first-order valence-corrected chi connectivity index (χ1v) is 12.0. The molecule has 202 valence electrons. The van der Waals surface area contributed by atoms with E-state index in [0.29, 0.717) is 5.82 Å². The van der Waals surface area contributed by atoms with Crippen LogP contribution in [-0.4, -0.2) is 105 Å². The second-order valence-corrected chi connectivity index (χ2v) is 10.7. The number of methoxy groups -OCH3 is 1. The van der Waals surface area contributed by atoms with E-state index in [-0.39, 0.29) is 56.5 Å². The number of likely N-dealkylation sites (tertiary alicyclic amines) is 1. The average Bonchev–Trinajstić information content (AvgIpc) is 2.79. The van der Waals surface area contributed by atoms with E-state index in [1.807, 2.05) is 34.6 Å². The third-order valence-corrected chi connectivity index (χ3v) is 5.87. The Morgan fingerprint density at radius 1 is 1.25 bits per heavy atom. The molecule has 4 N–H and O–H groups in total. The van der Waals surface area contributed by atoms with Crippen LogP contribution in [0, 0.1) is 11.8 Å². The number of nitrogens with one attached hydrogen (secondary N) is 1. The van der Waals surface area contributed by atoms with Gasteiger partial charge in [0.15, 0.2) is 0 Å². The van der Waals surface area contributed by atoms with E-state index in [4.69, 9.17) is 4.74 Å². The average molecular weight is 510 g/mol. The highest BCUT2D eigenvalue weighted by Gasteiger charge is 2.39. The normalized spacial score (nSPS) is 19.2. The first-order valence-electron chi connectivity index (χ1n) is 12.0. The number of rotatable bonds is 10. The van der Waals surface area contributed by atoms with E-state index in [2.05, 4.69) is 15.3 Å². The van der Waals surface area contributed by atoms with E-state index in [1.165, 1.54) is 18.2 Å². The lowest BCUT2D eigenvalue weighted by Crippen LogP contribution is -2.56. The Morgan fingerprint density at radius 3 is 2.44 bits per heavy atom. The van der Waals surface area contributed by atoms with Crippen LogP contribution in [0.3, 0.4) is 0 Å². The maximum Gasteiger partial charge on any atom is 0.407 e. The van der Waals surface area contributed by atoms with Crippen molar-refractivity contribution in [3.05, 3.63) is 17.6 Å². The molecule has 3 atom stereocenters. The van der Waals surface area contributed by atoms with Gasteiger partial charge in [0.1, 0.15) is 17.2 Å². The van der Waals surface area contributed by atoms with Crippen LogP contribution in [-0.2, 0) is 14.9 Å². The van der Waals surface area contributed by atoms with E-state index in [1.54, 1.807) is 0 Å². The lowest BCUT2D eigenvalue weighted by Gasteiger charge is -2.41. The summed E-state index contributed by atoms with van der Waals surface area (Å²) in [6.45, 7) is 10.0. The molecule has 1 saturated heterocycles. The predicted molar refractivity (Wildman–Crippen MR) is 132 cm³/mol. The third kappa shape index (κ3) is 7.76. The number of piperidine rings is 1. The molecule has 1 aromatic heterocycles. The number of aromatic nitrogens is 2. The molecule has 0 spiro atoms. The van der Waals surface area contributed by atoms with Crippen molar-refractivity contribution in [3.63, 3.8) is 0 Å². The minimum absolute atomic E-state index is 0.00776. The Bertz CT molecular complexity index is 912. The van der Waals surface area contributed by atoms with Gasteiger partial charge in [0.25, 0.3) is 5.91 Å². The van der Waals surface area contributed by atoms with E-state index < -0.39 is 41.4 Å². The zero-order valence-corrected chi connectivity index (χ0v) is 21.9. The summed E-state index contributed by atoms with van der Waals surface area (Å²) in [6.07, 6.45) is -0.499. The molecule has 0 saturated carbocycles. The number of aliphatic hydroxyl groups is 1. The van der Waals surface area contributed by atoms with Crippen LogP contribution in [0.5, 0.6) is 0 Å². The molecule has 2 amide bonds. The largest absolute Gasteiger partial charge is 0.481 e. The molecule has 1 aliphatic rings. The molecular weight excluding hydrogens is 470 g/mol. The highest BCUT2D eigenvalue weighted by atomic mass is 16.5. The van der Waals surface area contributed by atoms with Crippen molar-refractivity contribution in [1.82, 2.24) is 19.8 Å². The van der Waals surface area contributed by atoms with Gasteiger partial charge in [-0.05, 0) is 12.3 Å². The van der Waals surface area contributed by atoms with Gasteiger partial charge in [-0.25, -0.2) is 14.8 Å². The topological polar surface area (TPSA) is 165 Å². The fourth-order valence-corrected chi connectivity index (χ4v) is 4.08. The van der Waals surface area contributed by atoms with E-state index in [0.717, 1.165) is 4.90 Å². The molecule has 12 heteroatoms. The van der Waals surface area contributed by atoms with Crippen molar-refractivity contribution in [1.29, 1.82) is 0 Å². The molecule has 1 unspecified atom stereocenters. The van der Waals surface area contributed by atoms with Crippen molar-refractivity contribution in [2.45, 2.75) is 58.6 Å². The second kappa shape index (κ2) is 12.3. The molecule has 0 radical (unpaired) electrons. The van der Waals surface area contributed by atoms with Gasteiger partial charge in [-0.1, -0.05) is 34.6 Å². The number of amides is 2. The predicted octanol–water partition coefficient (Wildman–Crippen LogP) is 1.74. The van der Waals surface area contributed by atoms with Gasteiger partial charge in [0, 0.05) is 44.9 Å². The van der Waals surface area contributed by atoms with Gasteiger partial charge in [0.05, 0.1) is 24.7 Å². The number of anilines is 1. The Morgan fingerprint density at radius 2 is 1.92 bits per heavy atom. The lowest BCUT2D eigenvalue weighted by molar-refractivity contribution is -0.144. The highest BCUT2D eigenvalue weighted by molar-refractivity contribution is 5.98. The Hall–Kier alpha value is -2.99. The zero-order chi connectivity index (χ0) is 27.2. The van der Waals surface area contributed by atoms with Crippen molar-refractivity contribution in [2.75, 3.05) is 45.2 Å². The van der Waals surface area contributed by atoms with Crippen LogP contribution in [0.4, 0.5) is 10.6 Å². The number of hydrogen-bond donors (Lipinski definition) is 4. The molecular formula is C24H39N5O7. The molecule has 1 aromatic rings. The fraction of sp³-hybridized carbons (Fsp3) is 0.708. The number of aliphatic carboxylic acids is 1. The highest BCUT2D eigenvalue weighted by Crippen LogP contribution is 2.27. The lowest BCUT2D eigenvalue weighted by atomic mass is 9.92. The summed E-state index contributed by atoms with van der Waals surface area (Å²) in [5.41, 5.74) is -0.242. The molecule has 0 aromatic carbocycles. The number of ether oxygens (including phenoxy) is 1. The van der Waals surface area contributed by atoms with Gasteiger partial charge in [-0.2, -0.15) is 0 Å². The number of carboxylic acid groups (broad SMARTS) is 2. The zero-order valence-electron chi connectivity index (χ0n) is 21.9. The molecule has 2 heterocycles. The van der Waals surface area contributed by atoms with Crippen molar-refractivity contribution in [2.24, 2.45) is 11.8 Å². The van der Waals surface area contributed by atoms with Crippen LogP contribution in [0.2, 0.25) is 0 Å². The van der Waals surface area contributed by atoms with Gasteiger partial charge in [-0.3, -0.25) is 9.59 Å². The van der Waals surface area contributed by atoms with Crippen LogP contribution in [0.25, 0.3) is 0 Å². The Kier molecular flexibility index (Phi) is 10.00. The van der Waals surface area contributed by atoms with Crippen molar-refractivity contribution >= 4 is 23.8 Å². The van der Waals surface area contributed by atoms with Crippen LogP contribution >= 0.6 is 0 Å². The van der Waals surface area contributed by atoms with Gasteiger partial charge < -0.3 is 35.2 Å². The fourth-order valence-electron chi connectivity index (χ4n) is 4.08. The van der Waals surface area contributed by atoms with E-state index >= 15 is 0 Å². The summed E-state index contributed by atoms with van der Waals surface area (Å²) in [5.74, 6) is -1.69. The summed E-state index contributed by atoms with van der Waals surface area (Å²) in [5, 5.41) is 32.3. The standard InChI is InChI=1S/C24H39N5O7/c1-14(2)10-29(16-7-15(21(32)33)11-28(12-16)23(34)35)20(31)18-9-26-22(24(3,4)5)27-19(18)25-8-17(30)13-36-6/h9,14-17,30H,7-8,10-13H2,1-6H3,(H,32,33)(H,34,35)(H,25,26,27)/t15-,16+,17?/m1/s1. The number of hydrogen-bond acceptors (Lipinski definition) is 8. The van der Waals surface area contributed by atoms with Gasteiger partial charge >= 0.3 is 12.1 Å². The third-order valence-electron chi connectivity index (χ3n) is 5.87. The summed E-state index contributed by atoms with van der Waals surface area (Å²) < 4.78 is 4.97. The SMILES string of the molecule is COCC(O)CNc1nc(C(C)(C)C)ncc1C(=O)N(CC(C)C)[C@H]1C[C@@H](C(=O)O)CN(C(=O)O)C1. The van der Waals surface area contributed by atoms with Crippen molar-refractivity contribution in [3.8, 4) is 0 Å². The minimum atomic E-state index is -1.23. The monoisotopic (exact) mass is 509 g/mol. The molecule has 2 rings (SSSR count). The van der Waals surface area contributed by atoms with Crippen LogP contribution < -0.4 is 5.32 Å². The summed E-state index contributed by atoms with van der Waals surface area (Å²) in [6, 6.07) is -0.639. The number of carbonyl (C=O) groups excluding carboxylic acids is 1. The number of carboxylic acids is 1. The smallest absolute Gasteiger partial charge is 0.407 e. The van der Waals surface area contributed by atoms with Gasteiger partial charge in [-0.15, -0.1) is 0 Å². The molecule has 1 aliphatic heterocycles. The second-order valence-electron chi connectivity index (χ2n) is 10.7. The first kappa shape index (κ1) is 29.2. The first-order chi connectivity index (χ1) is 16.7. The molecule has 1 fully saturated rings. The molecule has 0 aliphatic carbocycles. The minimum Gasteiger partial charge on any atom is -0.481 e. The summed E-state index contributed by atoms with van der Waals surface area (Å²) in [4.78, 5) is 48.9. The number of aliphatic hydroxyl groups excluding tert-OH is 1. The van der Waals surface area contributed by atoms with Crippen LogP contribution in [0.15, 0.2) is 6.20 Å². The van der Waals surface area contributed by atoms with Crippen molar-refractivity contribution < 1.29 is 34.4 Å². The molecule has 0 bridgehead atoms.